The van der Waals surface area contributed by atoms with Crippen LogP contribution in [0.5, 0.6) is 0 Å². The highest BCUT2D eigenvalue weighted by atomic mass is 32.1. The van der Waals surface area contributed by atoms with Crippen LogP contribution in [0.25, 0.3) is 0 Å². The molecule has 3 nitrogen and oxygen atoms in total. The van der Waals surface area contributed by atoms with Gasteiger partial charge in [-0.15, -0.1) is 11.3 Å². The van der Waals surface area contributed by atoms with Crippen molar-refractivity contribution in [2.75, 3.05) is 13.2 Å². The second-order valence-corrected chi connectivity index (χ2v) is 5.31. The van der Waals surface area contributed by atoms with E-state index >= 15 is 0 Å². The van der Waals surface area contributed by atoms with Crippen LogP contribution in [-0.2, 0) is 11.3 Å². The van der Waals surface area contributed by atoms with Crippen molar-refractivity contribution >= 4 is 17.2 Å². The number of piperidine rings is 1. The number of rotatable bonds is 3. The molecular formula is C14H17NO2S. The topological polar surface area (TPSA) is 40.5 Å². The maximum atomic E-state index is 11.8. The maximum Gasteiger partial charge on any atom is 0.222 e. The van der Waals surface area contributed by atoms with E-state index in [2.05, 4.69) is 11.8 Å². The summed E-state index contributed by atoms with van der Waals surface area (Å²) in [7, 11) is 0. The predicted molar refractivity (Wildman–Crippen MR) is 72.2 cm³/mol. The molecule has 1 aliphatic heterocycles. The lowest BCUT2D eigenvalue weighted by Gasteiger charge is -2.26. The van der Waals surface area contributed by atoms with Crippen molar-refractivity contribution < 1.29 is 9.90 Å². The van der Waals surface area contributed by atoms with Crippen LogP contribution in [0.4, 0.5) is 0 Å². The van der Waals surface area contributed by atoms with Gasteiger partial charge in [-0.3, -0.25) is 4.79 Å². The van der Waals surface area contributed by atoms with Crippen LogP contribution in [0.1, 0.15) is 36.1 Å². The quantitative estimate of drug-likeness (QED) is 0.847. The van der Waals surface area contributed by atoms with Gasteiger partial charge in [0.15, 0.2) is 0 Å². The number of aliphatic hydroxyl groups excluding tert-OH is 1. The third-order valence-corrected chi connectivity index (χ3v) is 3.87. The second kappa shape index (κ2) is 6.58. The highest BCUT2D eigenvalue weighted by Gasteiger charge is 2.19. The molecule has 0 spiro atoms. The van der Waals surface area contributed by atoms with Crippen LogP contribution in [-0.4, -0.2) is 29.1 Å². The molecule has 2 rings (SSSR count). The lowest BCUT2D eigenvalue weighted by Crippen LogP contribution is -2.34. The van der Waals surface area contributed by atoms with Gasteiger partial charge in [0, 0.05) is 29.8 Å². The molecule has 0 saturated carbocycles. The number of hydrogen-bond donors (Lipinski definition) is 1. The largest absolute Gasteiger partial charge is 0.395 e. The molecule has 0 aromatic carbocycles. The lowest BCUT2D eigenvalue weighted by atomic mass is 10.1. The van der Waals surface area contributed by atoms with Crippen molar-refractivity contribution in [3.8, 4) is 11.8 Å². The zero-order valence-corrected chi connectivity index (χ0v) is 11.1. The molecule has 0 bridgehead atoms. The Morgan fingerprint density at radius 1 is 1.44 bits per heavy atom. The first kappa shape index (κ1) is 13.1. The van der Waals surface area contributed by atoms with Crippen LogP contribution >= 0.6 is 11.3 Å². The van der Waals surface area contributed by atoms with Gasteiger partial charge in [-0.25, -0.2) is 0 Å². The Bertz CT molecular complexity index is 470. The van der Waals surface area contributed by atoms with E-state index in [0.29, 0.717) is 19.4 Å². The van der Waals surface area contributed by atoms with Gasteiger partial charge in [-0.1, -0.05) is 11.8 Å². The minimum absolute atomic E-state index is 0.0943. The fraction of sp³-hybridized carbons (Fsp3) is 0.500. The maximum absolute atomic E-state index is 11.8. The third kappa shape index (κ3) is 3.34. The molecule has 0 radical (unpaired) electrons. The molecule has 1 N–H and O–H groups in total. The van der Waals surface area contributed by atoms with Crippen LogP contribution in [0.2, 0.25) is 0 Å². The molecule has 1 saturated heterocycles. The summed E-state index contributed by atoms with van der Waals surface area (Å²) in [6.07, 6.45) is 3.29. The Morgan fingerprint density at radius 2 is 2.33 bits per heavy atom. The van der Waals surface area contributed by atoms with Crippen molar-refractivity contribution in [2.24, 2.45) is 0 Å². The highest BCUT2D eigenvalue weighted by molar-refractivity contribution is 7.10. The minimum atomic E-state index is 0.0943. The standard InChI is InChI=1S/C14H17NO2S/c16-9-4-2-5-12-7-10-18-13(12)11-15-8-3-1-6-14(15)17/h7,10,16H,1,3-4,6,8-9,11H2. The monoisotopic (exact) mass is 263 g/mol. The zero-order chi connectivity index (χ0) is 12.8. The van der Waals surface area contributed by atoms with Crippen molar-refractivity contribution in [1.29, 1.82) is 0 Å². The molecule has 1 aromatic heterocycles. The van der Waals surface area contributed by atoms with Gasteiger partial charge in [-0.2, -0.15) is 0 Å². The summed E-state index contributed by atoms with van der Waals surface area (Å²) in [5.74, 6) is 6.24. The first-order valence-electron chi connectivity index (χ1n) is 6.25. The first-order valence-corrected chi connectivity index (χ1v) is 7.13. The summed E-state index contributed by atoms with van der Waals surface area (Å²) in [5.41, 5.74) is 0.992. The molecular weight excluding hydrogens is 246 g/mol. The average molecular weight is 263 g/mol. The van der Waals surface area contributed by atoms with E-state index in [1.807, 2.05) is 16.3 Å². The fourth-order valence-electron chi connectivity index (χ4n) is 1.99. The SMILES string of the molecule is O=C1CCCCN1Cc1sccc1C#CCCO. The number of hydrogen-bond acceptors (Lipinski definition) is 3. The zero-order valence-electron chi connectivity index (χ0n) is 10.3. The van der Waals surface area contributed by atoms with E-state index in [-0.39, 0.29) is 12.5 Å². The Balaban J connectivity index is 2.03. The van der Waals surface area contributed by atoms with Gasteiger partial charge in [0.25, 0.3) is 0 Å². The smallest absolute Gasteiger partial charge is 0.222 e. The third-order valence-electron chi connectivity index (χ3n) is 2.96. The van der Waals surface area contributed by atoms with E-state index in [1.54, 1.807) is 11.3 Å². The lowest BCUT2D eigenvalue weighted by molar-refractivity contribution is -0.133. The summed E-state index contributed by atoms with van der Waals surface area (Å²) in [6, 6.07) is 1.98. The Morgan fingerprint density at radius 3 is 3.11 bits per heavy atom. The molecule has 1 aliphatic rings. The van der Waals surface area contributed by atoms with Crippen LogP contribution in [0, 0.1) is 11.8 Å². The molecule has 1 amide bonds. The first-order chi connectivity index (χ1) is 8.81. The number of amides is 1. The molecule has 0 atom stereocenters. The van der Waals surface area contributed by atoms with E-state index in [4.69, 9.17) is 5.11 Å². The highest BCUT2D eigenvalue weighted by Crippen LogP contribution is 2.21. The predicted octanol–water partition coefficient (Wildman–Crippen LogP) is 1.99. The number of carbonyl (C=O) groups excluding carboxylic acids is 1. The molecule has 1 aromatic rings. The van der Waals surface area contributed by atoms with E-state index in [0.717, 1.165) is 29.8 Å². The summed E-state index contributed by atoms with van der Waals surface area (Å²) in [5, 5.41) is 10.7. The molecule has 96 valence electrons. The van der Waals surface area contributed by atoms with E-state index in [9.17, 15) is 4.79 Å². The molecule has 2 heterocycles. The Labute approximate surface area is 111 Å². The molecule has 1 fully saturated rings. The Hall–Kier alpha value is -1.31. The molecule has 18 heavy (non-hydrogen) atoms. The van der Waals surface area contributed by atoms with Gasteiger partial charge < -0.3 is 10.0 Å². The molecule has 0 aliphatic carbocycles. The number of nitrogens with zero attached hydrogens (tertiary/aromatic N) is 1. The average Bonchev–Trinajstić information content (AvgIpc) is 2.80. The summed E-state index contributed by atoms with van der Waals surface area (Å²) in [4.78, 5) is 14.8. The summed E-state index contributed by atoms with van der Waals surface area (Å²) in [6.45, 7) is 1.64. The van der Waals surface area contributed by atoms with Crippen LogP contribution in [0.15, 0.2) is 11.4 Å². The van der Waals surface area contributed by atoms with E-state index < -0.39 is 0 Å². The number of aliphatic hydroxyl groups is 1. The van der Waals surface area contributed by atoms with Gasteiger partial charge >= 0.3 is 0 Å². The van der Waals surface area contributed by atoms with Crippen molar-refractivity contribution in [2.45, 2.75) is 32.2 Å². The molecule has 4 heteroatoms. The van der Waals surface area contributed by atoms with Gasteiger partial charge in [-0.05, 0) is 24.3 Å². The van der Waals surface area contributed by atoms with Gasteiger partial charge in [0.2, 0.25) is 5.91 Å². The normalized spacial score (nSPS) is 15.4. The Kier molecular flexibility index (Phi) is 4.80. The minimum Gasteiger partial charge on any atom is -0.395 e. The number of likely N-dealkylation sites (tertiary alicyclic amines) is 1. The molecule has 0 unspecified atom stereocenters. The fourth-order valence-corrected chi connectivity index (χ4v) is 2.84. The van der Waals surface area contributed by atoms with Crippen molar-refractivity contribution in [3.63, 3.8) is 0 Å². The van der Waals surface area contributed by atoms with E-state index in [1.165, 1.54) is 0 Å². The summed E-state index contributed by atoms with van der Waals surface area (Å²) < 4.78 is 0. The van der Waals surface area contributed by atoms with Crippen LogP contribution < -0.4 is 0 Å². The van der Waals surface area contributed by atoms with Gasteiger partial charge in [0.1, 0.15) is 0 Å². The summed E-state index contributed by atoms with van der Waals surface area (Å²) >= 11 is 1.64. The number of carbonyl (C=O) groups is 1. The van der Waals surface area contributed by atoms with Crippen molar-refractivity contribution in [3.05, 3.63) is 21.9 Å². The van der Waals surface area contributed by atoms with Gasteiger partial charge in [0.05, 0.1) is 13.2 Å². The van der Waals surface area contributed by atoms with Crippen LogP contribution in [0.3, 0.4) is 0 Å². The van der Waals surface area contributed by atoms with Crippen molar-refractivity contribution in [1.82, 2.24) is 4.90 Å². The number of thiophene rings is 1. The second-order valence-electron chi connectivity index (χ2n) is 4.31.